The molecule has 0 atom stereocenters. The van der Waals surface area contributed by atoms with E-state index in [-0.39, 0.29) is 30.8 Å². The zero-order chi connectivity index (χ0) is 17.8. The minimum absolute atomic E-state index is 0. The van der Waals surface area contributed by atoms with Gasteiger partial charge >= 0.3 is 0 Å². The molecule has 0 radical (unpaired) electrons. The fourth-order valence-electron chi connectivity index (χ4n) is 2.91. The Labute approximate surface area is 175 Å². The second-order valence-electron chi connectivity index (χ2n) is 5.97. The molecular weight excluding hydrogens is 413 g/mol. The minimum Gasteiger partial charge on any atom is -0.490 e. The molecule has 0 bridgehead atoms. The Kier molecular flexibility index (Phi) is 9.18. The number of aromatic nitrogens is 1. The largest absolute Gasteiger partial charge is 0.490 e. The maximum atomic E-state index is 12.2. The average Bonchev–Trinajstić information content (AvgIpc) is 3.26. The number of likely N-dealkylation sites (tertiary alicyclic amines) is 1. The highest BCUT2D eigenvalue weighted by Gasteiger charge is 2.16. The minimum atomic E-state index is -0.470. The second kappa shape index (κ2) is 10.6. The van der Waals surface area contributed by atoms with Gasteiger partial charge in [0.05, 0.1) is 10.5 Å². The van der Waals surface area contributed by atoms with E-state index >= 15 is 0 Å². The maximum Gasteiger partial charge on any atom is 0.296 e. The molecule has 150 valence electrons. The van der Waals surface area contributed by atoms with Crippen molar-refractivity contribution < 1.29 is 9.53 Å². The van der Waals surface area contributed by atoms with Crippen LogP contribution in [0.5, 0.6) is 5.75 Å². The van der Waals surface area contributed by atoms with Crippen LogP contribution in [0, 0.1) is 0 Å². The average molecular weight is 437 g/mol. The van der Waals surface area contributed by atoms with Gasteiger partial charge in [0.25, 0.3) is 5.91 Å². The van der Waals surface area contributed by atoms with Crippen molar-refractivity contribution in [1.82, 2.24) is 15.2 Å². The number of hydrogen-bond donors (Lipinski definition) is 3. The molecule has 0 saturated carbocycles. The van der Waals surface area contributed by atoms with E-state index in [2.05, 4.69) is 20.2 Å². The lowest BCUT2D eigenvalue weighted by molar-refractivity contribution is 0.0998. The highest BCUT2D eigenvalue weighted by Crippen LogP contribution is 2.32. The molecular formula is C17H24Cl3N5O2. The lowest BCUT2D eigenvalue weighted by Crippen LogP contribution is -2.28. The summed E-state index contributed by atoms with van der Waals surface area (Å²) in [5, 5.41) is 3.88. The molecule has 1 amide bonds. The van der Waals surface area contributed by atoms with E-state index in [0.29, 0.717) is 28.6 Å². The van der Waals surface area contributed by atoms with Crippen LogP contribution < -0.4 is 15.8 Å². The van der Waals surface area contributed by atoms with E-state index in [1.54, 1.807) is 19.2 Å². The summed E-state index contributed by atoms with van der Waals surface area (Å²) < 4.78 is 5.92. The van der Waals surface area contributed by atoms with Gasteiger partial charge in [0.1, 0.15) is 18.1 Å². The quantitative estimate of drug-likeness (QED) is 0.495. The first-order valence-electron chi connectivity index (χ1n) is 8.31. The number of nitrogens with two attached hydrogens (primary N) is 1. The smallest absolute Gasteiger partial charge is 0.296 e. The normalized spacial score (nSPS) is 14.5. The molecule has 1 aromatic carbocycles. The number of carbonyl (C=O) groups is 1. The van der Waals surface area contributed by atoms with E-state index in [9.17, 15) is 4.79 Å². The molecule has 7 nitrogen and oxygen atoms in total. The van der Waals surface area contributed by atoms with Gasteiger partial charge in [-0.3, -0.25) is 9.69 Å². The number of fused-ring (bicyclic) bond motifs is 1. The van der Waals surface area contributed by atoms with Crippen molar-refractivity contribution in [3.05, 3.63) is 28.9 Å². The number of ether oxygens (including phenoxy) is 1. The molecule has 3 rings (SSSR count). The van der Waals surface area contributed by atoms with Crippen LogP contribution in [0.4, 0.5) is 0 Å². The van der Waals surface area contributed by atoms with Crippen LogP contribution in [0.25, 0.3) is 10.9 Å². The van der Waals surface area contributed by atoms with Crippen molar-refractivity contribution in [2.45, 2.75) is 12.8 Å². The van der Waals surface area contributed by atoms with Crippen molar-refractivity contribution in [3.63, 3.8) is 0 Å². The fraction of sp³-hybridized carbons (Fsp3) is 0.412. The number of carbonyl (C=O) groups excluding carboxylic acids is 1. The molecule has 1 fully saturated rings. The predicted molar refractivity (Wildman–Crippen MR) is 114 cm³/mol. The summed E-state index contributed by atoms with van der Waals surface area (Å²) in [4.78, 5) is 21.4. The molecule has 1 aromatic heterocycles. The van der Waals surface area contributed by atoms with Crippen LogP contribution in [0.15, 0.2) is 23.2 Å². The number of aromatic amines is 1. The lowest BCUT2D eigenvalue weighted by Gasteiger charge is -2.15. The number of halogens is 3. The zero-order valence-electron chi connectivity index (χ0n) is 15.0. The topological polar surface area (TPSA) is 95.7 Å². The van der Waals surface area contributed by atoms with Crippen molar-refractivity contribution in [2.75, 3.05) is 33.3 Å². The molecule has 10 heteroatoms. The highest BCUT2D eigenvalue weighted by molar-refractivity contribution is 6.35. The third kappa shape index (κ3) is 5.65. The Morgan fingerprint density at radius 1 is 1.37 bits per heavy atom. The van der Waals surface area contributed by atoms with Crippen molar-refractivity contribution >= 4 is 59.2 Å². The summed E-state index contributed by atoms with van der Waals surface area (Å²) in [6, 6.07) is 5.24. The molecule has 4 N–H and O–H groups in total. The number of rotatable bonds is 5. The van der Waals surface area contributed by atoms with E-state index < -0.39 is 5.91 Å². The number of nitrogens with zero attached hydrogens (tertiary/aromatic N) is 2. The summed E-state index contributed by atoms with van der Waals surface area (Å²) >= 11 is 6.25. The van der Waals surface area contributed by atoms with Crippen LogP contribution >= 0.6 is 36.4 Å². The molecule has 0 spiro atoms. The molecule has 1 aliphatic rings. The Bertz CT molecular complexity index is 803. The Hall–Kier alpha value is -1.67. The van der Waals surface area contributed by atoms with Gasteiger partial charge in [0, 0.05) is 19.0 Å². The van der Waals surface area contributed by atoms with Crippen LogP contribution in [0.2, 0.25) is 5.02 Å². The predicted octanol–water partition coefficient (Wildman–Crippen LogP) is 2.81. The number of H-pyrrole nitrogens is 1. The van der Waals surface area contributed by atoms with Crippen LogP contribution in [-0.4, -0.2) is 55.0 Å². The zero-order valence-corrected chi connectivity index (χ0v) is 17.3. The molecule has 1 aliphatic heterocycles. The van der Waals surface area contributed by atoms with Gasteiger partial charge in [-0.05, 0) is 44.1 Å². The SMILES string of the molecule is CNC(N)=NC(=O)c1cc2c(Cl)ccc(OCCN3CCCC3)c2[nH]1.Cl.Cl. The number of guanidine groups is 1. The molecule has 2 heterocycles. The number of aliphatic imine (C=N–C) groups is 1. The summed E-state index contributed by atoms with van der Waals surface area (Å²) in [5.41, 5.74) is 6.54. The second-order valence-corrected chi connectivity index (χ2v) is 6.37. The first kappa shape index (κ1) is 23.4. The lowest BCUT2D eigenvalue weighted by atomic mass is 10.2. The molecule has 0 unspecified atom stereocenters. The first-order valence-corrected chi connectivity index (χ1v) is 8.69. The van der Waals surface area contributed by atoms with Crippen LogP contribution in [-0.2, 0) is 0 Å². The van der Waals surface area contributed by atoms with Crippen molar-refractivity contribution in [1.29, 1.82) is 0 Å². The van der Waals surface area contributed by atoms with E-state index in [1.807, 2.05) is 6.07 Å². The summed E-state index contributed by atoms with van der Waals surface area (Å²) in [5.74, 6) is 0.252. The highest BCUT2D eigenvalue weighted by atomic mass is 35.5. The first-order chi connectivity index (χ1) is 12.1. The van der Waals surface area contributed by atoms with Gasteiger partial charge in [-0.15, -0.1) is 24.8 Å². The van der Waals surface area contributed by atoms with Gasteiger partial charge in [-0.1, -0.05) is 11.6 Å². The van der Waals surface area contributed by atoms with Gasteiger partial charge in [0.15, 0.2) is 5.96 Å². The van der Waals surface area contributed by atoms with E-state index in [4.69, 9.17) is 22.1 Å². The van der Waals surface area contributed by atoms with Crippen molar-refractivity contribution in [3.8, 4) is 5.75 Å². The number of hydrogen-bond acceptors (Lipinski definition) is 3. The molecule has 27 heavy (non-hydrogen) atoms. The van der Waals surface area contributed by atoms with E-state index in [1.165, 1.54) is 12.8 Å². The standard InChI is InChI=1S/C17H22ClN5O2.2ClH/c1-20-17(19)22-16(24)13-10-11-12(18)4-5-14(15(11)21-13)25-9-8-23-6-2-3-7-23;;/h4-5,10,21H,2-3,6-9H2,1H3,(H3,19,20,22,24);2*1H. The van der Waals surface area contributed by atoms with Crippen LogP contribution in [0.3, 0.4) is 0 Å². The monoisotopic (exact) mass is 435 g/mol. The molecule has 0 aliphatic carbocycles. The van der Waals surface area contributed by atoms with Gasteiger partial charge < -0.3 is 20.8 Å². The summed E-state index contributed by atoms with van der Waals surface area (Å²) in [6.07, 6.45) is 2.51. The number of benzene rings is 1. The molecule has 2 aromatic rings. The summed E-state index contributed by atoms with van der Waals surface area (Å²) in [7, 11) is 1.60. The van der Waals surface area contributed by atoms with Crippen molar-refractivity contribution in [2.24, 2.45) is 10.7 Å². The number of amides is 1. The number of nitrogens with one attached hydrogen (secondary N) is 2. The van der Waals surface area contributed by atoms with Crippen LogP contribution in [0.1, 0.15) is 23.3 Å². The van der Waals surface area contributed by atoms with Gasteiger partial charge in [-0.2, -0.15) is 4.99 Å². The fourth-order valence-corrected chi connectivity index (χ4v) is 3.12. The molecule has 1 saturated heterocycles. The van der Waals surface area contributed by atoms with Gasteiger partial charge in [0.2, 0.25) is 0 Å². The van der Waals surface area contributed by atoms with E-state index in [0.717, 1.165) is 25.0 Å². The maximum absolute atomic E-state index is 12.2. The third-order valence-electron chi connectivity index (χ3n) is 4.27. The Morgan fingerprint density at radius 2 is 2.07 bits per heavy atom. The third-order valence-corrected chi connectivity index (χ3v) is 4.60. The summed E-state index contributed by atoms with van der Waals surface area (Å²) in [6.45, 7) is 3.74. The van der Waals surface area contributed by atoms with Gasteiger partial charge in [-0.25, -0.2) is 0 Å². The Balaban J connectivity index is 0.00000182. The Morgan fingerprint density at radius 3 is 2.74 bits per heavy atom.